The van der Waals surface area contributed by atoms with E-state index in [0.717, 1.165) is 11.1 Å². The summed E-state index contributed by atoms with van der Waals surface area (Å²) in [5.41, 5.74) is 1.56. The molecule has 0 N–H and O–H groups in total. The SMILES string of the molecule is C=Cc1cc(C(C)(C)F)ccc1C. The Morgan fingerprint density at radius 3 is 2.46 bits per heavy atom. The molecule has 70 valence electrons. The Bertz CT molecular complexity index is 318. The number of alkyl halides is 1. The van der Waals surface area contributed by atoms with E-state index in [0.29, 0.717) is 5.56 Å². The second-order valence-corrected chi connectivity index (χ2v) is 3.75. The lowest BCUT2D eigenvalue weighted by Gasteiger charge is -2.15. The molecule has 0 atom stereocenters. The normalized spacial score (nSPS) is 11.4. The van der Waals surface area contributed by atoms with Crippen LogP contribution < -0.4 is 0 Å². The van der Waals surface area contributed by atoms with Gasteiger partial charge in [-0.05, 0) is 43.5 Å². The van der Waals surface area contributed by atoms with Crippen molar-refractivity contribution in [1.82, 2.24) is 0 Å². The van der Waals surface area contributed by atoms with Gasteiger partial charge in [-0.15, -0.1) is 0 Å². The largest absolute Gasteiger partial charge is 0.239 e. The number of halogens is 1. The van der Waals surface area contributed by atoms with Crippen LogP contribution >= 0.6 is 0 Å². The summed E-state index contributed by atoms with van der Waals surface area (Å²) in [7, 11) is 0. The molecule has 0 aliphatic heterocycles. The van der Waals surface area contributed by atoms with Gasteiger partial charge in [0.2, 0.25) is 0 Å². The zero-order chi connectivity index (χ0) is 10.1. The van der Waals surface area contributed by atoms with Gasteiger partial charge >= 0.3 is 0 Å². The lowest BCUT2D eigenvalue weighted by atomic mass is 9.96. The van der Waals surface area contributed by atoms with E-state index in [-0.39, 0.29) is 0 Å². The van der Waals surface area contributed by atoms with Crippen LogP contribution in [0.5, 0.6) is 0 Å². The first-order chi connectivity index (χ1) is 5.95. The Morgan fingerprint density at radius 2 is 2.00 bits per heavy atom. The van der Waals surface area contributed by atoms with Crippen molar-refractivity contribution in [2.45, 2.75) is 26.4 Å². The van der Waals surface area contributed by atoms with Crippen LogP contribution in [0.2, 0.25) is 0 Å². The zero-order valence-corrected chi connectivity index (χ0v) is 8.39. The van der Waals surface area contributed by atoms with Gasteiger partial charge in [0.05, 0.1) is 0 Å². The van der Waals surface area contributed by atoms with Gasteiger partial charge in [-0.3, -0.25) is 0 Å². The van der Waals surface area contributed by atoms with Gasteiger partial charge < -0.3 is 0 Å². The molecule has 0 saturated heterocycles. The predicted molar refractivity (Wildman–Crippen MR) is 55.4 cm³/mol. The number of benzene rings is 1. The van der Waals surface area contributed by atoms with Crippen molar-refractivity contribution < 1.29 is 4.39 Å². The summed E-state index contributed by atoms with van der Waals surface area (Å²) in [5, 5.41) is 0. The van der Waals surface area contributed by atoms with Crippen LogP contribution in [0.15, 0.2) is 24.8 Å². The fraction of sp³-hybridized carbons (Fsp3) is 0.333. The first-order valence-corrected chi connectivity index (χ1v) is 4.37. The van der Waals surface area contributed by atoms with Crippen LogP contribution in [-0.2, 0) is 5.67 Å². The van der Waals surface area contributed by atoms with E-state index in [4.69, 9.17) is 0 Å². The molecule has 0 aliphatic carbocycles. The number of hydrogen-bond acceptors (Lipinski definition) is 0. The van der Waals surface area contributed by atoms with E-state index < -0.39 is 5.67 Å². The molecule has 13 heavy (non-hydrogen) atoms. The molecule has 1 rings (SSSR count). The van der Waals surface area contributed by atoms with Gasteiger partial charge in [0.25, 0.3) is 0 Å². The minimum Gasteiger partial charge on any atom is -0.239 e. The minimum atomic E-state index is -1.27. The summed E-state index contributed by atoms with van der Waals surface area (Å²) in [5.74, 6) is 0. The second kappa shape index (κ2) is 3.33. The topological polar surface area (TPSA) is 0 Å². The third kappa shape index (κ3) is 2.18. The van der Waals surface area contributed by atoms with Crippen LogP contribution in [0.1, 0.15) is 30.5 Å². The van der Waals surface area contributed by atoms with E-state index in [1.807, 2.05) is 25.1 Å². The standard InChI is InChI=1S/C12H15F/c1-5-10-8-11(12(3,4)13)7-6-9(10)2/h5-8H,1H2,2-4H3. The molecule has 0 spiro atoms. The maximum Gasteiger partial charge on any atom is 0.130 e. The van der Waals surface area contributed by atoms with Gasteiger partial charge in [0.1, 0.15) is 5.67 Å². The monoisotopic (exact) mass is 178 g/mol. The Morgan fingerprint density at radius 1 is 1.38 bits per heavy atom. The van der Waals surface area contributed by atoms with Crippen molar-refractivity contribution in [2.75, 3.05) is 0 Å². The fourth-order valence-corrected chi connectivity index (χ4v) is 1.23. The van der Waals surface area contributed by atoms with E-state index in [1.165, 1.54) is 0 Å². The molecule has 1 aromatic rings. The molecular weight excluding hydrogens is 163 g/mol. The van der Waals surface area contributed by atoms with E-state index in [1.54, 1.807) is 19.9 Å². The summed E-state index contributed by atoms with van der Waals surface area (Å²) in [6.45, 7) is 8.80. The van der Waals surface area contributed by atoms with E-state index >= 15 is 0 Å². The Kier molecular flexibility index (Phi) is 2.55. The van der Waals surface area contributed by atoms with Gasteiger partial charge in [0, 0.05) is 0 Å². The average Bonchev–Trinajstić information content (AvgIpc) is 2.03. The van der Waals surface area contributed by atoms with E-state index in [2.05, 4.69) is 6.58 Å². The summed E-state index contributed by atoms with van der Waals surface area (Å²) in [6.07, 6.45) is 1.75. The summed E-state index contributed by atoms with van der Waals surface area (Å²) in [6, 6.07) is 5.60. The predicted octanol–water partition coefficient (Wildman–Crippen LogP) is 3.84. The Hall–Kier alpha value is -1.11. The van der Waals surface area contributed by atoms with Crippen LogP contribution in [0, 0.1) is 6.92 Å². The molecule has 0 saturated carbocycles. The molecule has 0 fully saturated rings. The molecule has 0 bridgehead atoms. The highest BCUT2D eigenvalue weighted by atomic mass is 19.1. The molecule has 0 amide bonds. The number of hydrogen-bond donors (Lipinski definition) is 0. The molecular formula is C12H15F. The molecule has 0 radical (unpaired) electrons. The van der Waals surface area contributed by atoms with Gasteiger partial charge in [0.15, 0.2) is 0 Å². The molecule has 0 heterocycles. The summed E-state index contributed by atoms with van der Waals surface area (Å²) < 4.78 is 13.5. The highest BCUT2D eigenvalue weighted by Crippen LogP contribution is 2.26. The Balaban J connectivity index is 3.21. The van der Waals surface area contributed by atoms with Gasteiger partial charge in [-0.2, -0.15) is 0 Å². The van der Waals surface area contributed by atoms with Crippen LogP contribution in [0.4, 0.5) is 4.39 Å². The van der Waals surface area contributed by atoms with Crippen molar-refractivity contribution in [3.05, 3.63) is 41.5 Å². The van der Waals surface area contributed by atoms with Crippen molar-refractivity contribution in [2.24, 2.45) is 0 Å². The van der Waals surface area contributed by atoms with Crippen molar-refractivity contribution in [1.29, 1.82) is 0 Å². The molecule has 1 heteroatoms. The van der Waals surface area contributed by atoms with Crippen LogP contribution in [0.3, 0.4) is 0 Å². The summed E-state index contributed by atoms with van der Waals surface area (Å²) in [4.78, 5) is 0. The third-order valence-electron chi connectivity index (χ3n) is 2.19. The highest BCUT2D eigenvalue weighted by molar-refractivity contribution is 5.53. The maximum atomic E-state index is 13.5. The fourth-order valence-electron chi connectivity index (χ4n) is 1.23. The lowest BCUT2D eigenvalue weighted by Crippen LogP contribution is -2.09. The molecule has 0 nitrogen and oxygen atoms in total. The molecule has 0 aromatic heterocycles. The van der Waals surface area contributed by atoms with Crippen molar-refractivity contribution >= 4 is 6.08 Å². The van der Waals surface area contributed by atoms with Crippen molar-refractivity contribution in [3.63, 3.8) is 0 Å². The number of aryl methyl sites for hydroxylation is 1. The average molecular weight is 178 g/mol. The molecule has 0 unspecified atom stereocenters. The molecule has 0 aliphatic rings. The third-order valence-corrected chi connectivity index (χ3v) is 2.19. The first kappa shape index (κ1) is 9.97. The Labute approximate surface area is 79.1 Å². The quantitative estimate of drug-likeness (QED) is 0.645. The smallest absolute Gasteiger partial charge is 0.130 e. The van der Waals surface area contributed by atoms with Gasteiger partial charge in [-0.1, -0.05) is 24.8 Å². The zero-order valence-electron chi connectivity index (χ0n) is 8.39. The maximum absolute atomic E-state index is 13.5. The number of rotatable bonds is 2. The van der Waals surface area contributed by atoms with E-state index in [9.17, 15) is 4.39 Å². The summed E-state index contributed by atoms with van der Waals surface area (Å²) >= 11 is 0. The van der Waals surface area contributed by atoms with Crippen LogP contribution in [0.25, 0.3) is 6.08 Å². The first-order valence-electron chi connectivity index (χ1n) is 4.37. The molecule has 1 aromatic carbocycles. The van der Waals surface area contributed by atoms with Crippen LogP contribution in [-0.4, -0.2) is 0 Å². The minimum absolute atomic E-state index is 0.702. The van der Waals surface area contributed by atoms with Gasteiger partial charge in [-0.25, -0.2) is 4.39 Å². The lowest BCUT2D eigenvalue weighted by molar-refractivity contribution is 0.221. The highest BCUT2D eigenvalue weighted by Gasteiger charge is 2.18. The van der Waals surface area contributed by atoms with Crippen molar-refractivity contribution in [3.8, 4) is 0 Å². The second-order valence-electron chi connectivity index (χ2n) is 3.75.